The van der Waals surface area contributed by atoms with Gasteiger partial charge >= 0.3 is 0 Å². The smallest absolute Gasteiger partial charge is 0.232 e. The Balaban J connectivity index is 1.88. The van der Waals surface area contributed by atoms with Crippen LogP contribution >= 0.6 is 11.3 Å². The molecule has 7 heteroatoms. The van der Waals surface area contributed by atoms with E-state index in [1.54, 1.807) is 30.6 Å². The first-order chi connectivity index (χ1) is 11.1. The Kier molecular flexibility index (Phi) is 4.29. The molecule has 0 saturated carbocycles. The van der Waals surface area contributed by atoms with Gasteiger partial charge in [-0.3, -0.25) is 9.59 Å². The lowest BCUT2D eigenvalue weighted by atomic mass is 9.93. The highest BCUT2D eigenvalue weighted by Gasteiger charge is 2.42. The molecule has 1 aromatic carbocycles. The first-order valence-electron chi connectivity index (χ1n) is 7.20. The average Bonchev–Trinajstić information content (AvgIpc) is 3.16. The second-order valence-corrected chi connectivity index (χ2v) is 6.26. The van der Waals surface area contributed by atoms with Gasteiger partial charge in [-0.05, 0) is 17.7 Å². The molecule has 1 aliphatic rings. The molecular weight excluding hydrogens is 314 g/mol. The highest BCUT2D eigenvalue weighted by Crippen LogP contribution is 2.38. The van der Waals surface area contributed by atoms with Crippen LogP contribution in [0.15, 0.2) is 35.8 Å². The van der Waals surface area contributed by atoms with Crippen molar-refractivity contribution < 1.29 is 14.3 Å². The van der Waals surface area contributed by atoms with Gasteiger partial charge in [0.05, 0.1) is 19.1 Å². The maximum absolute atomic E-state index is 12.6. The van der Waals surface area contributed by atoms with Crippen molar-refractivity contribution in [2.75, 3.05) is 19.5 Å². The van der Waals surface area contributed by atoms with Crippen molar-refractivity contribution >= 4 is 28.3 Å². The van der Waals surface area contributed by atoms with Gasteiger partial charge in [-0.2, -0.15) is 0 Å². The van der Waals surface area contributed by atoms with E-state index in [9.17, 15) is 9.59 Å². The monoisotopic (exact) mass is 331 g/mol. The first kappa shape index (κ1) is 15.5. The van der Waals surface area contributed by atoms with Crippen molar-refractivity contribution in [3.05, 3.63) is 41.4 Å². The van der Waals surface area contributed by atoms with Crippen molar-refractivity contribution in [1.29, 1.82) is 0 Å². The number of ether oxygens (including phenoxy) is 1. The molecule has 1 fully saturated rings. The number of hydrogen-bond donors (Lipinski definition) is 1. The van der Waals surface area contributed by atoms with E-state index in [0.29, 0.717) is 10.9 Å². The minimum atomic E-state index is -0.455. The molecule has 0 unspecified atom stereocenters. The number of hydrogen-bond acceptors (Lipinski definition) is 5. The minimum Gasteiger partial charge on any atom is -0.497 e. The minimum absolute atomic E-state index is 0.0443. The molecule has 2 atom stereocenters. The van der Waals surface area contributed by atoms with Gasteiger partial charge in [0.2, 0.25) is 11.8 Å². The third-order valence-electron chi connectivity index (χ3n) is 4.02. The Hall–Kier alpha value is -2.41. The van der Waals surface area contributed by atoms with Crippen LogP contribution in [0, 0.1) is 5.92 Å². The van der Waals surface area contributed by atoms with Crippen molar-refractivity contribution in [3.63, 3.8) is 0 Å². The summed E-state index contributed by atoms with van der Waals surface area (Å²) in [6, 6.07) is 7.17. The molecule has 2 amide bonds. The van der Waals surface area contributed by atoms with Crippen molar-refractivity contribution in [2.24, 2.45) is 5.92 Å². The summed E-state index contributed by atoms with van der Waals surface area (Å²) in [6.07, 6.45) is 1.82. The van der Waals surface area contributed by atoms with Gasteiger partial charge in [-0.15, -0.1) is 11.3 Å². The molecule has 6 nitrogen and oxygen atoms in total. The van der Waals surface area contributed by atoms with Gasteiger partial charge in [-0.1, -0.05) is 12.1 Å². The molecule has 23 heavy (non-hydrogen) atoms. The number of amides is 2. The van der Waals surface area contributed by atoms with E-state index in [-0.39, 0.29) is 24.3 Å². The molecule has 1 saturated heterocycles. The summed E-state index contributed by atoms with van der Waals surface area (Å²) in [4.78, 5) is 30.4. The first-order valence-corrected chi connectivity index (χ1v) is 8.08. The van der Waals surface area contributed by atoms with Crippen LogP contribution in [0.4, 0.5) is 5.13 Å². The number of anilines is 1. The Morgan fingerprint density at radius 3 is 3.00 bits per heavy atom. The summed E-state index contributed by atoms with van der Waals surface area (Å²) < 4.78 is 5.25. The second-order valence-electron chi connectivity index (χ2n) is 5.36. The van der Waals surface area contributed by atoms with Crippen molar-refractivity contribution in [1.82, 2.24) is 9.88 Å². The third-order valence-corrected chi connectivity index (χ3v) is 4.71. The summed E-state index contributed by atoms with van der Waals surface area (Å²) in [5.41, 5.74) is 0.886. The molecule has 0 aliphatic carbocycles. The number of carbonyl (C=O) groups excluding carboxylic acids is 2. The normalized spacial score (nSPS) is 20.6. The Morgan fingerprint density at radius 2 is 2.30 bits per heavy atom. The summed E-state index contributed by atoms with van der Waals surface area (Å²) >= 11 is 1.35. The zero-order chi connectivity index (χ0) is 16.4. The Labute approximate surface area is 138 Å². The summed E-state index contributed by atoms with van der Waals surface area (Å²) in [6.45, 7) is 0. The number of rotatable bonds is 4. The van der Waals surface area contributed by atoms with Gasteiger partial charge in [-0.25, -0.2) is 4.98 Å². The third kappa shape index (κ3) is 3.05. The number of benzene rings is 1. The van der Waals surface area contributed by atoms with Gasteiger partial charge in [0.25, 0.3) is 0 Å². The molecule has 0 bridgehead atoms. The Bertz CT molecular complexity index is 717. The zero-order valence-electron chi connectivity index (χ0n) is 12.9. The Morgan fingerprint density at radius 1 is 1.48 bits per heavy atom. The van der Waals surface area contributed by atoms with Gasteiger partial charge in [0, 0.05) is 25.0 Å². The molecule has 120 valence electrons. The lowest BCUT2D eigenvalue weighted by Gasteiger charge is -2.25. The molecule has 1 N–H and O–H groups in total. The number of nitrogens with one attached hydrogen (secondary N) is 1. The van der Waals surface area contributed by atoms with Crippen molar-refractivity contribution in [3.8, 4) is 5.75 Å². The molecule has 2 heterocycles. The van der Waals surface area contributed by atoms with Crippen LogP contribution < -0.4 is 10.1 Å². The van der Waals surface area contributed by atoms with E-state index < -0.39 is 5.92 Å². The van der Waals surface area contributed by atoms with E-state index in [1.807, 2.05) is 24.3 Å². The highest BCUT2D eigenvalue weighted by molar-refractivity contribution is 7.13. The second kappa shape index (κ2) is 6.37. The highest BCUT2D eigenvalue weighted by atomic mass is 32.1. The lowest BCUT2D eigenvalue weighted by molar-refractivity contribution is -0.127. The van der Waals surface area contributed by atoms with Gasteiger partial charge < -0.3 is 15.0 Å². The largest absolute Gasteiger partial charge is 0.497 e. The fourth-order valence-electron chi connectivity index (χ4n) is 2.87. The number of carbonyl (C=O) groups is 2. The molecule has 0 radical (unpaired) electrons. The standard InChI is InChI=1S/C16H17N3O3S/c1-19-13(20)9-12(15(21)18-16-17-6-7-23-16)14(19)10-4-3-5-11(8-10)22-2/h3-8,12,14H,9H2,1-2H3,(H,17,18,21)/t12-,14-/m0/s1. The lowest BCUT2D eigenvalue weighted by Crippen LogP contribution is -2.30. The molecule has 3 rings (SSSR count). The molecule has 2 aromatic rings. The predicted octanol–water partition coefficient (Wildman–Crippen LogP) is 2.31. The number of thiazole rings is 1. The van der Waals surface area contributed by atoms with E-state index in [1.165, 1.54) is 11.3 Å². The summed E-state index contributed by atoms with van der Waals surface area (Å²) in [5.74, 6) is 0.0143. The summed E-state index contributed by atoms with van der Waals surface area (Å²) in [5, 5.41) is 5.13. The zero-order valence-corrected chi connectivity index (χ0v) is 13.7. The van der Waals surface area contributed by atoms with Crippen LogP contribution in [-0.2, 0) is 9.59 Å². The fraction of sp³-hybridized carbons (Fsp3) is 0.312. The maximum atomic E-state index is 12.6. The summed E-state index contributed by atoms with van der Waals surface area (Å²) in [7, 11) is 3.32. The van der Waals surface area contributed by atoms with E-state index in [0.717, 1.165) is 5.56 Å². The molecule has 1 aromatic heterocycles. The fourth-order valence-corrected chi connectivity index (χ4v) is 3.40. The number of aromatic nitrogens is 1. The topological polar surface area (TPSA) is 71.5 Å². The average molecular weight is 331 g/mol. The van der Waals surface area contributed by atoms with Crippen LogP contribution in [0.25, 0.3) is 0 Å². The van der Waals surface area contributed by atoms with E-state index in [4.69, 9.17) is 4.74 Å². The van der Waals surface area contributed by atoms with Crippen LogP contribution in [0.1, 0.15) is 18.0 Å². The van der Waals surface area contributed by atoms with Crippen LogP contribution in [-0.4, -0.2) is 35.9 Å². The number of methoxy groups -OCH3 is 1. The van der Waals surface area contributed by atoms with Crippen LogP contribution in [0.3, 0.4) is 0 Å². The predicted molar refractivity (Wildman–Crippen MR) is 87.4 cm³/mol. The van der Waals surface area contributed by atoms with Crippen LogP contribution in [0.5, 0.6) is 5.75 Å². The molecule has 1 aliphatic heterocycles. The van der Waals surface area contributed by atoms with Crippen LogP contribution in [0.2, 0.25) is 0 Å². The van der Waals surface area contributed by atoms with E-state index in [2.05, 4.69) is 10.3 Å². The molecular formula is C16H17N3O3S. The number of nitrogens with zero attached hydrogens (tertiary/aromatic N) is 2. The SMILES string of the molecule is COc1cccc([C@H]2[C@@H](C(=O)Nc3nccs3)CC(=O)N2C)c1. The van der Waals surface area contributed by atoms with Gasteiger partial charge in [0.15, 0.2) is 5.13 Å². The number of likely N-dealkylation sites (tertiary alicyclic amines) is 1. The van der Waals surface area contributed by atoms with Crippen molar-refractivity contribution in [2.45, 2.75) is 12.5 Å². The quantitative estimate of drug-likeness (QED) is 0.933. The van der Waals surface area contributed by atoms with E-state index >= 15 is 0 Å². The maximum Gasteiger partial charge on any atom is 0.232 e. The van der Waals surface area contributed by atoms with Gasteiger partial charge in [0.1, 0.15) is 5.75 Å². The molecule has 0 spiro atoms.